The number of amides is 1. The average Bonchev–Trinajstić information content (AvgIpc) is 2.62. The molecule has 2 aromatic rings. The predicted octanol–water partition coefficient (Wildman–Crippen LogP) is 2.78. The van der Waals surface area contributed by atoms with Crippen molar-refractivity contribution in [2.24, 2.45) is 5.10 Å². The summed E-state index contributed by atoms with van der Waals surface area (Å²) < 4.78 is 23.9. The van der Waals surface area contributed by atoms with Crippen LogP contribution in [0.25, 0.3) is 0 Å². The van der Waals surface area contributed by atoms with Crippen molar-refractivity contribution in [2.75, 3.05) is 7.11 Å². The molecule has 0 fully saturated rings. The minimum Gasteiger partial charge on any atom is -0.493 e. The molecule has 2 aromatic carbocycles. The Morgan fingerprint density at radius 1 is 1.28 bits per heavy atom. The monoisotopic (exact) mass is 341 g/mol. The highest BCUT2D eigenvalue weighted by atomic mass is 19.1. The molecule has 7 heteroatoms. The maximum atomic E-state index is 12.9. The van der Waals surface area contributed by atoms with Crippen LogP contribution in [0, 0.1) is 17.1 Å². The van der Waals surface area contributed by atoms with Gasteiger partial charge in [0.05, 0.1) is 19.4 Å². The molecular formula is C18H16FN3O3. The second-order valence-electron chi connectivity index (χ2n) is 4.95. The van der Waals surface area contributed by atoms with Gasteiger partial charge in [-0.1, -0.05) is 12.1 Å². The molecule has 0 saturated carbocycles. The number of ether oxygens (including phenoxy) is 2. The molecule has 128 valence electrons. The van der Waals surface area contributed by atoms with Crippen molar-refractivity contribution >= 4 is 12.1 Å². The Kier molecular flexibility index (Phi) is 6.48. The molecule has 1 N–H and O–H groups in total. The maximum absolute atomic E-state index is 12.9. The van der Waals surface area contributed by atoms with Gasteiger partial charge in [-0.05, 0) is 41.5 Å². The number of rotatable bonds is 7. The lowest BCUT2D eigenvalue weighted by Gasteiger charge is -2.11. The van der Waals surface area contributed by atoms with Crippen molar-refractivity contribution in [1.82, 2.24) is 5.43 Å². The Labute approximate surface area is 144 Å². The number of carbonyl (C=O) groups excluding carboxylic acids is 1. The average molecular weight is 341 g/mol. The topological polar surface area (TPSA) is 83.7 Å². The molecule has 0 aliphatic carbocycles. The van der Waals surface area contributed by atoms with Crippen LogP contribution in [0.2, 0.25) is 0 Å². The van der Waals surface area contributed by atoms with Crippen LogP contribution in [0.3, 0.4) is 0 Å². The van der Waals surface area contributed by atoms with E-state index < -0.39 is 5.91 Å². The van der Waals surface area contributed by atoms with E-state index >= 15 is 0 Å². The number of methoxy groups -OCH3 is 1. The van der Waals surface area contributed by atoms with Gasteiger partial charge in [0, 0.05) is 0 Å². The highest BCUT2D eigenvalue weighted by molar-refractivity contribution is 5.83. The number of hydrogen-bond donors (Lipinski definition) is 1. The number of benzene rings is 2. The number of hydrogen-bond acceptors (Lipinski definition) is 5. The molecule has 25 heavy (non-hydrogen) atoms. The Morgan fingerprint density at radius 2 is 2.04 bits per heavy atom. The van der Waals surface area contributed by atoms with Gasteiger partial charge in [0.2, 0.25) is 0 Å². The number of nitriles is 1. The summed E-state index contributed by atoms with van der Waals surface area (Å²) in [5.41, 5.74) is 3.75. The van der Waals surface area contributed by atoms with Gasteiger partial charge in [-0.25, -0.2) is 9.82 Å². The van der Waals surface area contributed by atoms with E-state index in [1.807, 2.05) is 0 Å². The van der Waals surface area contributed by atoms with Crippen LogP contribution < -0.4 is 14.9 Å². The summed E-state index contributed by atoms with van der Waals surface area (Å²) in [6.45, 7) is 0.272. The second-order valence-corrected chi connectivity index (χ2v) is 4.95. The highest BCUT2D eigenvalue weighted by Crippen LogP contribution is 2.28. The number of hydrazone groups is 1. The number of nitrogens with zero attached hydrogens (tertiary/aromatic N) is 2. The zero-order chi connectivity index (χ0) is 18.1. The lowest BCUT2D eigenvalue weighted by molar-refractivity contribution is -0.120. The SMILES string of the molecule is COc1cc(/C=N\NC(=O)CC#N)ccc1OCc1ccc(F)cc1. The van der Waals surface area contributed by atoms with E-state index in [1.54, 1.807) is 36.4 Å². The van der Waals surface area contributed by atoms with Crippen molar-refractivity contribution in [3.8, 4) is 17.6 Å². The molecule has 0 atom stereocenters. The lowest BCUT2D eigenvalue weighted by atomic mass is 10.2. The van der Waals surface area contributed by atoms with E-state index in [0.717, 1.165) is 5.56 Å². The molecule has 0 aliphatic rings. The smallest absolute Gasteiger partial charge is 0.254 e. The minimum absolute atomic E-state index is 0.253. The van der Waals surface area contributed by atoms with Crippen molar-refractivity contribution in [3.63, 3.8) is 0 Å². The highest BCUT2D eigenvalue weighted by Gasteiger charge is 2.06. The minimum atomic E-state index is -0.482. The fourth-order valence-corrected chi connectivity index (χ4v) is 1.92. The number of nitrogens with one attached hydrogen (secondary N) is 1. The number of halogens is 1. The first kappa shape index (κ1) is 17.9. The molecule has 2 rings (SSSR count). The molecule has 0 spiro atoms. The molecule has 0 bridgehead atoms. The van der Waals surface area contributed by atoms with Crippen LogP contribution in [0.15, 0.2) is 47.6 Å². The predicted molar refractivity (Wildman–Crippen MR) is 89.7 cm³/mol. The molecule has 0 saturated heterocycles. The van der Waals surface area contributed by atoms with Crippen LogP contribution in [-0.2, 0) is 11.4 Å². The van der Waals surface area contributed by atoms with E-state index in [4.69, 9.17) is 14.7 Å². The lowest BCUT2D eigenvalue weighted by Crippen LogP contribution is -2.16. The summed E-state index contributed by atoms with van der Waals surface area (Å²) in [4.78, 5) is 11.1. The van der Waals surface area contributed by atoms with Crippen molar-refractivity contribution in [1.29, 1.82) is 5.26 Å². The van der Waals surface area contributed by atoms with E-state index in [9.17, 15) is 9.18 Å². The third-order valence-corrected chi connectivity index (χ3v) is 3.14. The van der Waals surface area contributed by atoms with Crippen LogP contribution in [0.5, 0.6) is 11.5 Å². The number of carbonyl (C=O) groups is 1. The summed E-state index contributed by atoms with van der Waals surface area (Å²) in [7, 11) is 1.51. The van der Waals surface area contributed by atoms with Gasteiger partial charge >= 0.3 is 0 Å². The quantitative estimate of drug-likeness (QED) is 0.620. The standard InChI is InChI=1S/C18H16FN3O3/c1-24-17-10-14(11-21-22-18(23)8-9-20)4-7-16(17)25-12-13-2-5-15(19)6-3-13/h2-7,10-11H,8,12H2,1H3,(H,22,23)/b21-11-. The summed E-state index contributed by atoms with van der Waals surface area (Å²) >= 11 is 0. The van der Waals surface area contributed by atoms with Crippen molar-refractivity contribution in [2.45, 2.75) is 13.0 Å². The van der Waals surface area contributed by atoms with Crippen LogP contribution >= 0.6 is 0 Å². The van der Waals surface area contributed by atoms with Crippen LogP contribution in [-0.4, -0.2) is 19.2 Å². The Hall–Kier alpha value is -3.40. The molecule has 1 amide bonds. The van der Waals surface area contributed by atoms with E-state index in [2.05, 4.69) is 10.5 Å². The first-order chi connectivity index (χ1) is 12.1. The fourth-order valence-electron chi connectivity index (χ4n) is 1.92. The van der Waals surface area contributed by atoms with Gasteiger partial charge in [0.15, 0.2) is 11.5 Å². The first-order valence-corrected chi connectivity index (χ1v) is 7.36. The van der Waals surface area contributed by atoms with Gasteiger partial charge in [-0.3, -0.25) is 4.79 Å². The Balaban J connectivity index is 2.01. The van der Waals surface area contributed by atoms with Crippen molar-refractivity contribution < 1.29 is 18.7 Å². The van der Waals surface area contributed by atoms with Crippen LogP contribution in [0.1, 0.15) is 17.5 Å². The molecule has 0 unspecified atom stereocenters. The summed E-state index contributed by atoms with van der Waals surface area (Å²) in [5.74, 6) is 0.240. The van der Waals surface area contributed by atoms with E-state index in [0.29, 0.717) is 17.1 Å². The van der Waals surface area contributed by atoms with E-state index in [-0.39, 0.29) is 18.8 Å². The Morgan fingerprint density at radius 3 is 2.72 bits per heavy atom. The van der Waals surface area contributed by atoms with Gasteiger partial charge in [-0.2, -0.15) is 10.4 Å². The van der Waals surface area contributed by atoms with Gasteiger partial charge in [0.25, 0.3) is 5.91 Å². The largest absolute Gasteiger partial charge is 0.493 e. The zero-order valence-corrected chi connectivity index (χ0v) is 13.5. The van der Waals surface area contributed by atoms with Crippen LogP contribution in [0.4, 0.5) is 4.39 Å². The fraction of sp³-hybridized carbons (Fsp3) is 0.167. The third-order valence-electron chi connectivity index (χ3n) is 3.14. The maximum Gasteiger partial charge on any atom is 0.254 e. The van der Waals surface area contributed by atoms with Gasteiger partial charge in [-0.15, -0.1) is 0 Å². The molecule has 0 aliphatic heterocycles. The molecule has 6 nitrogen and oxygen atoms in total. The molecule has 0 aromatic heterocycles. The van der Waals surface area contributed by atoms with E-state index in [1.165, 1.54) is 25.5 Å². The molecule has 0 radical (unpaired) electrons. The summed E-state index contributed by atoms with van der Waals surface area (Å²) in [6, 6.07) is 12.9. The summed E-state index contributed by atoms with van der Waals surface area (Å²) in [6.07, 6.45) is 1.18. The third kappa shape index (κ3) is 5.62. The van der Waals surface area contributed by atoms with Gasteiger partial charge in [0.1, 0.15) is 18.8 Å². The Bertz CT molecular complexity index is 798. The summed E-state index contributed by atoms with van der Waals surface area (Å²) in [5, 5.41) is 12.1. The zero-order valence-electron chi connectivity index (χ0n) is 13.5. The normalized spacial score (nSPS) is 10.3. The first-order valence-electron chi connectivity index (χ1n) is 7.36. The van der Waals surface area contributed by atoms with Crippen molar-refractivity contribution in [3.05, 3.63) is 59.4 Å². The second kappa shape index (κ2) is 9.03. The molecule has 0 heterocycles. The molecular weight excluding hydrogens is 325 g/mol. The van der Waals surface area contributed by atoms with Gasteiger partial charge < -0.3 is 9.47 Å².